The first-order valence-corrected chi connectivity index (χ1v) is 9.80. The number of allylic oxidation sites excluding steroid dienone is 1. The highest BCUT2D eigenvalue weighted by Crippen LogP contribution is 2.48. The van der Waals surface area contributed by atoms with Gasteiger partial charge < -0.3 is 19.3 Å². The minimum Gasteiger partial charge on any atom is -0.469 e. The van der Waals surface area contributed by atoms with Crippen LogP contribution in [0.15, 0.2) is 35.9 Å². The van der Waals surface area contributed by atoms with Crippen LogP contribution in [-0.2, 0) is 16.0 Å². The monoisotopic (exact) mass is 369 g/mol. The van der Waals surface area contributed by atoms with E-state index >= 15 is 0 Å². The van der Waals surface area contributed by atoms with Crippen molar-refractivity contribution in [3.05, 3.63) is 47.2 Å². The van der Waals surface area contributed by atoms with Gasteiger partial charge in [-0.05, 0) is 24.1 Å². The van der Waals surface area contributed by atoms with Crippen LogP contribution < -0.4 is 0 Å². The number of benzene rings is 1. The van der Waals surface area contributed by atoms with Crippen molar-refractivity contribution in [2.24, 2.45) is 11.8 Å². The van der Waals surface area contributed by atoms with E-state index in [0.29, 0.717) is 6.04 Å². The van der Waals surface area contributed by atoms with E-state index in [1.165, 1.54) is 34.8 Å². The van der Waals surface area contributed by atoms with Crippen molar-refractivity contribution < 1.29 is 19.1 Å². The molecule has 1 aromatic heterocycles. The van der Waals surface area contributed by atoms with Crippen LogP contribution in [0.2, 0.25) is 0 Å². The number of methoxy groups -OCH3 is 1. The lowest BCUT2D eigenvalue weighted by Gasteiger charge is -2.51. The second kappa shape index (κ2) is 6.80. The molecular formula is C22H29N2O3+. The average molecular weight is 369 g/mol. The topological polar surface area (TPSA) is 62.3 Å². The molecule has 1 fully saturated rings. The maximum Gasteiger partial charge on any atom is 0.311 e. The summed E-state index contributed by atoms with van der Waals surface area (Å²) >= 11 is 0. The zero-order valence-electron chi connectivity index (χ0n) is 16.4. The lowest BCUT2D eigenvalue weighted by atomic mass is 9.74. The van der Waals surface area contributed by atoms with Crippen molar-refractivity contribution in [2.45, 2.75) is 25.8 Å². The zero-order valence-corrected chi connectivity index (χ0v) is 16.4. The molecule has 2 aromatic rings. The fourth-order valence-electron chi connectivity index (χ4n) is 5.34. The Morgan fingerprint density at radius 1 is 1.44 bits per heavy atom. The molecule has 1 saturated heterocycles. The van der Waals surface area contributed by atoms with E-state index in [0.717, 1.165) is 30.4 Å². The maximum absolute atomic E-state index is 12.3. The number of piperidine rings is 1. The Labute approximate surface area is 160 Å². The number of H-pyrrole nitrogens is 1. The van der Waals surface area contributed by atoms with Crippen LogP contribution in [0.4, 0.5) is 0 Å². The number of hydrogen-bond acceptors (Lipinski definition) is 3. The van der Waals surface area contributed by atoms with Gasteiger partial charge in [0.15, 0.2) is 0 Å². The molecule has 5 heteroatoms. The van der Waals surface area contributed by atoms with Crippen molar-refractivity contribution in [1.29, 1.82) is 0 Å². The Kier molecular flexibility index (Phi) is 4.60. The second-order valence-corrected chi connectivity index (χ2v) is 8.21. The molecule has 2 N–H and O–H groups in total. The third kappa shape index (κ3) is 2.80. The fourth-order valence-corrected chi connectivity index (χ4v) is 5.34. The summed E-state index contributed by atoms with van der Waals surface area (Å²) in [5.41, 5.74) is 5.19. The van der Waals surface area contributed by atoms with E-state index in [1.54, 1.807) is 0 Å². The highest BCUT2D eigenvalue weighted by Gasteiger charge is 2.49. The van der Waals surface area contributed by atoms with Crippen LogP contribution >= 0.6 is 0 Å². The minimum absolute atomic E-state index is 0.0148. The number of hydrogen-bond donors (Lipinski definition) is 2. The number of aromatic amines is 1. The minimum atomic E-state index is -0.496. The van der Waals surface area contributed by atoms with E-state index in [-0.39, 0.29) is 18.5 Å². The van der Waals surface area contributed by atoms with Gasteiger partial charge in [0.2, 0.25) is 0 Å². The number of aromatic nitrogens is 1. The largest absolute Gasteiger partial charge is 0.469 e. The molecule has 1 aromatic carbocycles. The molecule has 0 radical (unpaired) electrons. The average Bonchev–Trinajstić information content (AvgIpc) is 3.06. The van der Waals surface area contributed by atoms with Gasteiger partial charge in [-0.25, -0.2) is 0 Å². The molecule has 2 aliphatic heterocycles. The molecule has 3 heterocycles. The number of nitrogens with zero attached hydrogens (tertiary/aromatic N) is 1. The first-order chi connectivity index (χ1) is 13.0. The third-order valence-corrected chi connectivity index (χ3v) is 6.86. The summed E-state index contributed by atoms with van der Waals surface area (Å²) in [7, 11) is 3.73. The fraction of sp³-hybridized carbons (Fsp3) is 0.500. The summed E-state index contributed by atoms with van der Waals surface area (Å²) in [6.07, 6.45) is 4.04. The number of likely N-dealkylation sites (N-methyl/N-ethyl adjacent to an activating group) is 1. The zero-order chi connectivity index (χ0) is 19.2. The molecular weight excluding hydrogens is 340 g/mol. The van der Waals surface area contributed by atoms with Gasteiger partial charge in [-0.2, -0.15) is 0 Å². The van der Waals surface area contributed by atoms with Crippen LogP contribution in [0.5, 0.6) is 0 Å². The van der Waals surface area contributed by atoms with Gasteiger partial charge in [-0.3, -0.25) is 4.79 Å². The number of esters is 1. The molecule has 144 valence electrons. The van der Waals surface area contributed by atoms with Crippen LogP contribution in [0.25, 0.3) is 10.9 Å². The van der Waals surface area contributed by atoms with Crippen LogP contribution in [0, 0.1) is 11.8 Å². The number of fused-ring (bicyclic) bond motifs is 5. The summed E-state index contributed by atoms with van der Waals surface area (Å²) in [6.45, 7) is 3.86. The predicted molar refractivity (Wildman–Crippen MR) is 105 cm³/mol. The first-order valence-electron chi connectivity index (χ1n) is 9.80. The summed E-state index contributed by atoms with van der Waals surface area (Å²) in [5, 5.41) is 11.2. The van der Waals surface area contributed by atoms with E-state index < -0.39 is 5.92 Å². The highest BCUT2D eigenvalue weighted by atomic mass is 16.5. The number of aliphatic hydroxyl groups is 1. The smallest absolute Gasteiger partial charge is 0.311 e. The van der Waals surface area contributed by atoms with Crippen LogP contribution in [0.1, 0.15) is 30.6 Å². The number of para-hydroxylation sites is 1. The molecule has 0 bridgehead atoms. The summed E-state index contributed by atoms with van der Waals surface area (Å²) in [4.78, 5) is 16.0. The number of quaternary nitrogens is 1. The number of carbonyl (C=O) groups excluding carboxylic acids is 1. The summed E-state index contributed by atoms with van der Waals surface area (Å²) < 4.78 is 5.94. The normalized spacial score (nSPS) is 30.0. The van der Waals surface area contributed by atoms with Gasteiger partial charge in [0.05, 0.1) is 38.9 Å². The molecule has 4 rings (SSSR count). The number of nitrogens with one attached hydrogen (secondary N) is 1. The van der Waals surface area contributed by atoms with Gasteiger partial charge in [-0.1, -0.05) is 24.3 Å². The number of rotatable bonds is 3. The number of carbonyl (C=O) groups is 1. The molecule has 0 spiro atoms. The van der Waals surface area contributed by atoms with Crippen molar-refractivity contribution in [2.75, 3.05) is 33.9 Å². The Morgan fingerprint density at radius 2 is 2.22 bits per heavy atom. The third-order valence-electron chi connectivity index (χ3n) is 6.86. The summed E-state index contributed by atoms with van der Waals surface area (Å²) in [6, 6.07) is 8.80. The van der Waals surface area contributed by atoms with E-state index in [9.17, 15) is 9.90 Å². The molecule has 27 heavy (non-hydrogen) atoms. The molecule has 5 nitrogen and oxygen atoms in total. The van der Waals surface area contributed by atoms with Crippen molar-refractivity contribution in [3.63, 3.8) is 0 Å². The summed E-state index contributed by atoms with van der Waals surface area (Å²) in [5.74, 6) is -0.795. The molecule has 0 saturated carbocycles. The van der Waals surface area contributed by atoms with Crippen molar-refractivity contribution in [3.8, 4) is 0 Å². The van der Waals surface area contributed by atoms with Gasteiger partial charge >= 0.3 is 5.97 Å². The van der Waals surface area contributed by atoms with Gasteiger partial charge in [-0.15, -0.1) is 0 Å². The molecule has 4 unspecified atom stereocenters. The predicted octanol–water partition coefficient (Wildman–Crippen LogP) is 2.96. The van der Waals surface area contributed by atoms with E-state index in [4.69, 9.17) is 4.74 Å². The highest BCUT2D eigenvalue weighted by molar-refractivity contribution is 5.85. The van der Waals surface area contributed by atoms with Crippen molar-refractivity contribution >= 4 is 16.9 Å². The lowest BCUT2D eigenvalue weighted by molar-refractivity contribution is -0.942. The first kappa shape index (κ1) is 18.3. The second-order valence-electron chi connectivity index (χ2n) is 8.21. The Morgan fingerprint density at radius 3 is 2.93 bits per heavy atom. The Balaban J connectivity index is 1.78. The Bertz CT molecular complexity index is 900. The number of aliphatic hydroxyl groups excluding tert-OH is 1. The molecule has 0 aliphatic carbocycles. The quantitative estimate of drug-likeness (QED) is 0.497. The number of ether oxygens (including phenoxy) is 1. The Hall–Kier alpha value is -2.11. The maximum atomic E-state index is 12.3. The van der Waals surface area contributed by atoms with Gasteiger partial charge in [0.25, 0.3) is 0 Å². The van der Waals surface area contributed by atoms with Crippen molar-refractivity contribution in [1.82, 2.24) is 4.98 Å². The lowest BCUT2D eigenvalue weighted by Crippen LogP contribution is -2.57. The SMILES string of the molecule is C/C=C1/C[N+]2(C)CCc3c([nH]c4ccccc34)C2CC1C(CO)C(=O)OC. The molecule has 4 atom stereocenters. The van der Waals surface area contributed by atoms with Gasteiger partial charge in [0, 0.05) is 29.7 Å². The van der Waals surface area contributed by atoms with Crippen LogP contribution in [-0.4, -0.2) is 54.4 Å². The molecule has 0 amide bonds. The standard InChI is InChI=1S/C22H29N2O3/c1-4-14-12-24(2)10-9-16-15-7-5-6-8-19(15)23-21(16)20(24)11-17(14)18(13-25)22(26)27-3/h4-8,17-18,20,23,25H,9-13H2,1-3H3/q+1/b14-4-. The van der Waals surface area contributed by atoms with Gasteiger partial charge in [0.1, 0.15) is 12.6 Å². The van der Waals surface area contributed by atoms with E-state index in [1.807, 2.05) is 6.92 Å². The van der Waals surface area contributed by atoms with E-state index in [2.05, 4.69) is 42.4 Å². The molecule has 2 aliphatic rings. The van der Waals surface area contributed by atoms with Crippen LogP contribution in [0.3, 0.4) is 0 Å².